The number of hydrogen-bond acceptors (Lipinski definition) is 2. The Morgan fingerprint density at radius 3 is 2.74 bits per heavy atom. The second-order valence-electron chi connectivity index (χ2n) is 5.56. The van der Waals surface area contributed by atoms with Crippen molar-refractivity contribution in [2.45, 2.75) is 39.3 Å². The molecular weight excluding hydrogens is 232 g/mol. The van der Waals surface area contributed by atoms with Crippen molar-refractivity contribution in [3.8, 4) is 11.1 Å². The van der Waals surface area contributed by atoms with E-state index >= 15 is 0 Å². The van der Waals surface area contributed by atoms with E-state index in [0.717, 1.165) is 12.6 Å². The molecule has 0 spiro atoms. The molecule has 0 saturated heterocycles. The van der Waals surface area contributed by atoms with Crippen LogP contribution in [0.4, 0.5) is 0 Å². The quantitative estimate of drug-likeness (QED) is 0.899. The third-order valence-electron chi connectivity index (χ3n) is 3.66. The van der Waals surface area contributed by atoms with E-state index in [2.05, 4.69) is 48.4 Å². The summed E-state index contributed by atoms with van der Waals surface area (Å²) in [6.07, 6.45) is 6.52. The summed E-state index contributed by atoms with van der Waals surface area (Å²) in [5.41, 5.74) is 6.38. The van der Waals surface area contributed by atoms with E-state index < -0.39 is 0 Å². The second-order valence-corrected chi connectivity index (χ2v) is 5.56. The van der Waals surface area contributed by atoms with Crippen LogP contribution in [0.1, 0.15) is 29.5 Å². The first-order chi connectivity index (χ1) is 9.22. The molecule has 19 heavy (non-hydrogen) atoms. The minimum absolute atomic E-state index is 0.755. The average Bonchev–Trinajstić information content (AvgIpc) is 3.22. The number of aryl methyl sites for hydroxylation is 2. The Hall–Kier alpha value is -1.67. The highest BCUT2D eigenvalue weighted by Crippen LogP contribution is 2.25. The van der Waals surface area contributed by atoms with E-state index in [1.807, 2.05) is 12.4 Å². The third-order valence-corrected chi connectivity index (χ3v) is 3.66. The zero-order valence-corrected chi connectivity index (χ0v) is 11.6. The van der Waals surface area contributed by atoms with Crippen LogP contribution in [-0.4, -0.2) is 11.0 Å². The molecule has 98 valence electrons. The lowest BCUT2D eigenvalue weighted by atomic mass is 9.98. The van der Waals surface area contributed by atoms with Crippen LogP contribution in [0.3, 0.4) is 0 Å². The van der Waals surface area contributed by atoms with Crippen LogP contribution in [0, 0.1) is 13.8 Å². The first-order valence-electron chi connectivity index (χ1n) is 6.97. The highest BCUT2D eigenvalue weighted by atomic mass is 14.9. The van der Waals surface area contributed by atoms with Crippen LogP contribution in [0.25, 0.3) is 11.1 Å². The topological polar surface area (TPSA) is 24.9 Å². The van der Waals surface area contributed by atoms with E-state index in [4.69, 9.17) is 0 Å². The summed E-state index contributed by atoms with van der Waals surface area (Å²) in [4.78, 5) is 4.30. The van der Waals surface area contributed by atoms with Gasteiger partial charge in [0.1, 0.15) is 0 Å². The van der Waals surface area contributed by atoms with Gasteiger partial charge in [0.15, 0.2) is 0 Å². The monoisotopic (exact) mass is 252 g/mol. The van der Waals surface area contributed by atoms with Crippen molar-refractivity contribution in [3.05, 3.63) is 53.3 Å². The van der Waals surface area contributed by atoms with Crippen molar-refractivity contribution in [2.75, 3.05) is 0 Å². The van der Waals surface area contributed by atoms with Crippen molar-refractivity contribution in [1.82, 2.24) is 10.3 Å². The Bertz CT molecular complexity index is 586. The van der Waals surface area contributed by atoms with Crippen molar-refractivity contribution in [3.63, 3.8) is 0 Å². The summed E-state index contributed by atoms with van der Waals surface area (Å²) in [5.74, 6) is 0. The SMILES string of the molecule is Cc1cncc(-c2cc(CNC3CC3)ccc2C)c1. The fourth-order valence-electron chi connectivity index (χ4n) is 2.34. The zero-order chi connectivity index (χ0) is 13.2. The Morgan fingerprint density at radius 1 is 1.16 bits per heavy atom. The minimum atomic E-state index is 0.755. The number of hydrogen-bond donors (Lipinski definition) is 1. The van der Waals surface area contributed by atoms with Crippen LogP contribution in [0.2, 0.25) is 0 Å². The van der Waals surface area contributed by atoms with Gasteiger partial charge >= 0.3 is 0 Å². The molecule has 2 heteroatoms. The molecule has 0 bridgehead atoms. The molecule has 1 aromatic carbocycles. The van der Waals surface area contributed by atoms with E-state index in [0.29, 0.717) is 0 Å². The average molecular weight is 252 g/mol. The first-order valence-corrected chi connectivity index (χ1v) is 6.97. The van der Waals surface area contributed by atoms with Crippen LogP contribution in [0.15, 0.2) is 36.7 Å². The number of pyridine rings is 1. The summed E-state index contributed by atoms with van der Waals surface area (Å²) in [7, 11) is 0. The van der Waals surface area contributed by atoms with Gasteiger partial charge in [-0.3, -0.25) is 4.98 Å². The van der Waals surface area contributed by atoms with Gasteiger partial charge in [0.2, 0.25) is 0 Å². The molecule has 0 unspecified atom stereocenters. The Kier molecular flexibility index (Phi) is 3.34. The predicted molar refractivity (Wildman–Crippen MR) is 79.0 cm³/mol. The number of nitrogens with one attached hydrogen (secondary N) is 1. The normalized spacial score (nSPS) is 14.6. The maximum atomic E-state index is 4.30. The summed E-state index contributed by atoms with van der Waals surface area (Å²) in [6.45, 7) is 5.22. The molecule has 1 fully saturated rings. The Labute approximate surface area is 114 Å². The third kappa shape index (κ3) is 3.02. The number of benzene rings is 1. The van der Waals surface area contributed by atoms with Gasteiger partial charge in [0, 0.05) is 30.5 Å². The Morgan fingerprint density at radius 2 is 2.00 bits per heavy atom. The maximum Gasteiger partial charge on any atom is 0.0346 e. The molecule has 0 radical (unpaired) electrons. The van der Waals surface area contributed by atoms with E-state index in [1.165, 1.54) is 40.7 Å². The van der Waals surface area contributed by atoms with Gasteiger partial charge in [-0.05, 0) is 61.1 Å². The lowest BCUT2D eigenvalue weighted by Crippen LogP contribution is -2.15. The molecular formula is C17H20N2. The molecule has 2 aromatic rings. The number of aromatic nitrogens is 1. The van der Waals surface area contributed by atoms with E-state index in [9.17, 15) is 0 Å². The summed E-state index contributed by atoms with van der Waals surface area (Å²) >= 11 is 0. The molecule has 1 heterocycles. The number of nitrogens with zero attached hydrogens (tertiary/aromatic N) is 1. The van der Waals surface area contributed by atoms with Crippen LogP contribution in [-0.2, 0) is 6.54 Å². The first kappa shape index (κ1) is 12.4. The fourth-order valence-corrected chi connectivity index (χ4v) is 2.34. The standard InChI is InChI=1S/C17H20N2/c1-12-7-15(11-18-9-12)17-8-14(4-3-13(17)2)10-19-16-5-6-16/h3-4,7-9,11,16,19H,5-6,10H2,1-2H3. The Balaban J connectivity index is 1.88. The van der Waals surface area contributed by atoms with Gasteiger partial charge < -0.3 is 5.32 Å². The van der Waals surface area contributed by atoms with E-state index in [-0.39, 0.29) is 0 Å². The molecule has 1 aromatic heterocycles. The lowest BCUT2D eigenvalue weighted by molar-refractivity contribution is 0.688. The molecule has 0 amide bonds. The highest BCUT2D eigenvalue weighted by Gasteiger charge is 2.19. The van der Waals surface area contributed by atoms with Crippen LogP contribution >= 0.6 is 0 Å². The molecule has 0 aliphatic heterocycles. The summed E-state index contributed by atoms with van der Waals surface area (Å²) in [6, 6.07) is 9.68. The van der Waals surface area contributed by atoms with Gasteiger partial charge in [-0.15, -0.1) is 0 Å². The van der Waals surface area contributed by atoms with Gasteiger partial charge in [-0.25, -0.2) is 0 Å². The van der Waals surface area contributed by atoms with Crippen molar-refractivity contribution in [1.29, 1.82) is 0 Å². The zero-order valence-electron chi connectivity index (χ0n) is 11.6. The van der Waals surface area contributed by atoms with Crippen LogP contribution in [0.5, 0.6) is 0 Å². The molecule has 2 nitrogen and oxygen atoms in total. The summed E-state index contributed by atoms with van der Waals surface area (Å²) < 4.78 is 0. The van der Waals surface area contributed by atoms with Crippen molar-refractivity contribution < 1.29 is 0 Å². The molecule has 1 aliphatic rings. The van der Waals surface area contributed by atoms with Crippen LogP contribution < -0.4 is 5.32 Å². The van der Waals surface area contributed by atoms with Gasteiger partial charge in [-0.2, -0.15) is 0 Å². The number of rotatable bonds is 4. The molecule has 3 rings (SSSR count). The van der Waals surface area contributed by atoms with Crippen molar-refractivity contribution in [2.24, 2.45) is 0 Å². The fraction of sp³-hybridized carbons (Fsp3) is 0.353. The van der Waals surface area contributed by atoms with Gasteiger partial charge in [0.05, 0.1) is 0 Å². The predicted octanol–water partition coefficient (Wildman–Crippen LogP) is 3.62. The largest absolute Gasteiger partial charge is 0.310 e. The molecule has 1 aliphatic carbocycles. The smallest absolute Gasteiger partial charge is 0.0346 e. The maximum absolute atomic E-state index is 4.30. The molecule has 1 saturated carbocycles. The van der Waals surface area contributed by atoms with Gasteiger partial charge in [0.25, 0.3) is 0 Å². The van der Waals surface area contributed by atoms with Crippen molar-refractivity contribution >= 4 is 0 Å². The van der Waals surface area contributed by atoms with Gasteiger partial charge in [-0.1, -0.05) is 12.1 Å². The molecule has 0 atom stereocenters. The van der Waals surface area contributed by atoms with E-state index in [1.54, 1.807) is 0 Å². The summed E-state index contributed by atoms with van der Waals surface area (Å²) in [5, 5.41) is 3.57. The second kappa shape index (κ2) is 5.14. The molecule has 1 N–H and O–H groups in total. The highest BCUT2D eigenvalue weighted by molar-refractivity contribution is 5.67. The minimum Gasteiger partial charge on any atom is -0.310 e. The lowest BCUT2D eigenvalue weighted by Gasteiger charge is -2.10.